The maximum Gasteiger partial charge on any atom is 0.0362 e. The molecule has 0 saturated carbocycles. The predicted molar refractivity (Wildman–Crippen MR) is 57.2 cm³/mol. The van der Waals surface area contributed by atoms with Gasteiger partial charge in [-0.25, -0.2) is 0 Å². The second kappa shape index (κ2) is 5.73. The van der Waals surface area contributed by atoms with E-state index in [0.717, 1.165) is 44.0 Å². The van der Waals surface area contributed by atoms with Crippen LogP contribution in [0.1, 0.15) is 19.8 Å². The molecule has 0 aromatic heterocycles. The number of hydrogen-bond donors (Lipinski definition) is 1. The fraction of sp³-hybridized carbons (Fsp3) is 1.00. The van der Waals surface area contributed by atoms with Gasteiger partial charge in [0.25, 0.3) is 0 Å². The first-order chi connectivity index (χ1) is 6.22. The van der Waals surface area contributed by atoms with Gasteiger partial charge in [0.15, 0.2) is 0 Å². The van der Waals surface area contributed by atoms with Crippen LogP contribution in [0.2, 0.25) is 0 Å². The third kappa shape index (κ3) is 4.20. The van der Waals surface area contributed by atoms with E-state index in [4.69, 9.17) is 5.73 Å². The van der Waals surface area contributed by atoms with Gasteiger partial charge in [0.2, 0.25) is 0 Å². The average molecular weight is 204 g/mol. The molecule has 4 heteroatoms. The van der Waals surface area contributed by atoms with Crippen molar-refractivity contribution in [3.05, 3.63) is 0 Å². The summed E-state index contributed by atoms with van der Waals surface area (Å²) in [5.41, 5.74) is 5.79. The summed E-state index contributed by atoms with van der Waals surface area (Å²) in [6.07, 6.45) is 2.19. The van der Waals surface area contributed by atoms with Crippen LogP contribution in [-0.2, 0) is 10.8 Å². The molecule has 2 N–H and O–H groups in total. The Morgan fingerprint density at radius 3 is 2.62 bits per heavy atom. The third-order valence-corrected chi connectivity index (χ3v) is 3.87. The van der Waals surface area contributed by atoms with E-state index in [9.17, 15) is 4.21 Å². The maximum absolute atomic E-state index is 11.2. The molecule has 1 saturated heterocycles. The molecule has 0 bridgehead atoms. The van der Waals surface area contributed by atoms with Crippen molar-refractivity contribution in [2.75, 3.05) is 31.1 Å². The number of rotatable bonds is 4. The summed E-state index contributed by atoms with van der Waals surface area (Å²) in [5, 5.41) is 0. The molecule has 3 nitrogen and oxygen atoms in total. The molecule has 1 aliphatic rings. The van der Waals surface area contributed by atoms with Crippen molar-refractivity contribution in [2.45, 2.75) is 25.8 Å². The maximum atomic E-state index is 11.2. The Morgan fingerprint density at radius 2 is 2.08 bits per heavy atom. The first-order valence-corrected chi connectivity index (χ1v) is 6.54. The molecule has 78 valence electrons. The van der Waals surface area contributed by atoms with Crippen LogP contribution < -0.4 is 5.73 Å². The van der Waals surface area contributed by atoms with Gasteiger partial charge in [-0.3, -0.25) is 4.21 Å². The molecule has 13 heavy (non-hydrogen) atoms. The van der Waals surface area contributed by atoms with Crippen LogP contribution in [0.4, 0.5) is 0 Å². The number of likely N-dealkylation sites (tertiary alicyclic amines) is 1. The molecule has 0 unspecified atom stereocenters. The minimum Gasteiger partial charge on any atom is -0.328 e. The summed E-state index contributed by atoms with van der Waals surface area (Å²) in [6, 6.07) is 0.396. The zero-order chi connectivity index (χ0) is 9.68. The highest BCUT2D eigenvalue weighted by atomic mass is 32.2. The Morgan fingerprint density at radius 1 is 1.46 bits per heavy atom. The summed E-state index contributed by atoms with van der Waals surface area (Å²) < 4.78 is 11.2. The molecule has 0 amide bonds. The molecular weight excluding hydrogens is 184 g/mol. The van der Waals surface area contributed by atoms with Crippen molar-refractivity contribution in [1.29, 1.82) is 0 Å². The monoisotopic (exact) mass is 204 g/mol. The quantitative estimate of drug-likeness (QED) is 0.710. The van der Waals surface area contributed by atoms with E-state index in [0.29, 0.717) is 6.04 Å². The first kappa shape index (κ1) is 11.1. The fourth-order valence-corrected chi connectivity index (χ4v) is 2.30. The van der Waals surface area contributed by atoms with E-state index < -0.39 is 10.8 Å². The van der Waals surface area contributed by atoms with Gasteiger partial charge < -0.3 is 10.6 Å². The van der Waals surface area contributed by atoms with E-state index in [1.165, 1.54) is 0 Å². The third-order valence-electron chi connectivity index (χ3n) is 2.59. The van der Waals surface area contributed by atoms with Crippen LogP contribution >= 0.6 is 0 Å². The molecule has 0 aliphatic carbocycles. The molecular formula is C9H20N2OS. The van der Waals surface area contributed by atoms with Crippen molar-refractivity contribution in [3.8, 4) is 0 Å². The van der Waals surface area contributed by atoms with Crippen LogP contribution in [0.15, 0.2) is 0 Å². The van der Waals surface area contributed by atoms with E-state index >= 15 is 0 Å². The second-order valence-electron chi connectivity index (χ2n) is 3.61. The van der Waals surface area contributed by atoms with Crippen LogP contribution in [0.5, 0.6) is 0 Å². The largest absolute Gasteiger partial charge is 0.328 e. The SMILES string of the molecule is CC[S@](=O)CCN1CCC(N)CC1. The molecule has 0 radical (unpaired) electrons. The molecule has 1 heterocycles. The Kier molecular flexibility index (Phi) is 4.91. The van der Waals surface area contributed by atoms with Gasteiger partial charge >= 0.3 is 0 Å². The summed E-state index contributed by atoms with van der Waals surface area (Å²) >= 11 is 0. The van der Waals surface area contributed by atoms with Gasteiger partial charge in [-0.05, 0) is 25.9 Å². The van der Waals surface area contributed by atoms with Crippen molar-refractivity contribution in [1.82, 2.24) is 4.90 Å². The van der Waals surface area contributed by atoms with E-state index in [1.54, 1.807) is 0 Å². The lowest BCUT2D eigenvalue weighted by Crippen LogP contribution is -2.41. The molecule has 1 rings (SSSR count). The number of hydrogen-bond acceptors (Lipinski definition) is 3. The normalized spacial score (nSPS) is 23.2. The highest BCUT2D eigenvalue weighted by molar-refractivity contribution is 7.84. The summed E-state index contributed by atoms with van der Waals surface area (Å²) in [7, 11) is -0.610. The molecule has 1 fully saturated rings. The predicted octanol–water partition coefficient (Wildman–Crippen LogP) is 0.178. The summed E-state index contributed by atoms with van der Waals surface area (Å²) in [4.78, 5) is 2.37. The smallest absolute Gasteiger partial charge is 0.0362 e. The van der Waals surface area contributed by atoms with Gasteiger partial charge in [-0.2, -0.15) is 0 Å². The summed E-state index contributed by atoms with van der Waals surface area (Å²) in [6.45, 7) is 5.12. The van der Waals surface area contributed by atoms with E-state index in [1.807, 2.05) is 6.92 Å². The van der Waals surface area contributed by atoms with Gasteiger partial charge in [0.1, 0.15) is 0 Å². The molecule has 1 aliphatic heterocycles. The Hall–Kier alpha value is 0.0700. The van der Waals surface area contributed by atoms with Crippen molar-refractivity contribution < 1.29 is 4.21 Å². The first-order valence-electron chi connectivity index (χ1n) is 5.05. The number of piperidine rings is 1. The van der Waals surface area contributed by atoms with Crippen LogP contribution in [-0.4, -0.2) is 46.3 Å². The summed E-state index contributed by atoms with van der Waals surface area (Å²) in [5.74, 6) is 1.61. The molecule has 0 aromatic rings. The lowest BCUT2D eigenvalue weighted by Gasteiger charge is -2.29. The lowest BCUT2D eigenvalue weighted by atomic mass is 10.1. The minimum atomic E-state index is -0.610. The minimum absolute atomic E-state index is 0.396. The molecule has 0 aromatic carbocycles. The zero-order valence-corrected chi connectivity index (χ0v) is 9.18. The number of nitrogens with two attached hydrogens (primary N) is 1. The van der Waals surface area contributed by atoms with Gasteiger partial charge in [0, 0.05) is 34.9 Å². The zero-order valence-electron chi connectivity index (χ0n) is 8.37. The van der Waals surface area contributed by atoms with Gasteiger partial charge in [-0.1, -0.05) is 6.92 Å². The van der Waals surface area contributed by atoms with Crippen molar-refractivity contribution in [2.24, 2.45) is 5.73 Å². The Balaban J connectivity index is 2.12. The Labute approximate surface area is 83.1 Å². The average Bonchev–Trinajstić information content (AvgIpc) is 2.16. The topological polar surface area (TPSA) is 46.3 Å². The highest BCUT2D eigenvalue weighted by Gasteiger charge is 2.15. The number of nitrogens with zero attached hydrogens (tertiary/aromatic N) is 1. The lowest BCUT2D eigenvalue weighted by molar-refractivity contribution is 0.224. The van der Waals surface area contributed by atoms with Crippen molar-refractivity contribution in [3.63, 3.8) is 0 Å². The second-order valence-corrected chi connectivity index (χ2v) is 5.48. The van der Waals surface area contributed by atoms with Gasteiger partial charge in [-0.15, -0.1) is 0 Å². The van der Waals surface area contributed by atoms with Gasteiger partial charge in [0.05, 0.1) is 0 Å². The van der Waals surface area contributed by atoms with Crippen molar-refractivity contribution >= 4 is 10.8 Å². The fourth-order valence-electron chi connectivity index (χ4n) is 1.55. The van der Waals surface area contributed by atoms with Crippen LogP contribution in [0.3, 0.4) is 0 Å². The van der Waals surface area contributed by atoms with Crippen LogP contribution in [0.25, 0.3) is 0 Å². The molecule has 1 atom stereocenters. The van der Waals surface area contributed by atoms with E-state index in [-0.39, 0.29) is 0 Å². The highest BCUT2D eigenvalue weighted by Crippen LogP contribution is 2.07. The van der Waals surface area contributed by atoms with Crippen LogP contribution in [0, 0.1) is 0 Å². The Bertz CT molecular complexity index is 167. The molecule has 0 spiro atoms. The van der Waals surface area contributed by atoms with E-state index in [2.05, 4.69) is 4.90 Å². The standard InChI is InChI=1S/C9H20N2OS/c1-2-13(12)8-7-11-5-3-9(10)4-6-11/h9H,2-8,10H2,1H3/t13-/m0/s1.